The fourth-order valence-corrected chi connectivity index (χ4v) is 3.87. The van der Waals surface area contributed by atoms with Crippen molar-refractivity contribution in [3.8, 4) is 0 Å². The number of benzene rings is 1. The summed E-state index contributed by atoms with van der Waals surface area (Å²) in [6, 6.07) is 10.1. The number of rotatable bonds is 4. The standard InChI is InChI=1S/C20H22N6O2/c1-2-25-19(27)16-18(23-17(22-16)14-8-10-28-11-9-14)26-20(25)21-15(24-26)12-13-6-4-3-5-7-13/h3-7,14H,2,8-12H2,1H3,(H,22,23). The van der Waals surface area contributed by atoms with Gasteiger partial charge in [-0.05, 0) is 25.3 Å². The maximum atomic E-state index is 13.0. The topological polar surface area (TPSA) is 90.1 Å². The van der Waals surface area contributed by atoms with Gasteiger partial charge in [0.15, 0.2) is 17.0 Å². The minimum absolute atomic E-state index is 0.102. The fraction of sp³-hybridized carbons (Fsp3) is 0.400. The molecule has 0 amide bonds. The SMILES string of the molecule is CCn1c(=O)c2[nH]c(C3CCOCC3)nc2n2nc(Cc3ccccc3)nc12. The number of imidazole rings is 1. The Bertz CT molecular complexity index is 1180. The van der Waals surface area contributed by atoms with Crippen LogP contribution in [0.3, 0.4) is 0 Å². The van der Waals surface area contributed by atoms with Gasteiger partial charge in [-0.1, -0.05) is 30.3 Å². The third kappa shape index (κ3) is 2.80. The highest BCUT2D eigenvalue weighted by Crippen LogP contribution is 2.26. The Morgan fingerprint density at radius 2 is 1.96 bits per heavy atom. The van der Waals surface area contributed by atoms with Crippen LogP contribution in [0.25, 0.3) is 16.9 Å². The number of ether oxygens (including phenoxy) is 1. The average Bonchev–Trinajstić information content (AvgIpc) is 3.35. The number of aromatic nitrogens is 6. The second-order valence-corrected chi connectivity index (χ2v) is 7.16. The Morgan fingerprint density at radius 3 is 2.71 bits per heavy atom. The first-order valence-electron chi connectivity index (χ1n) is 9.74. The van der Waals surface area contributed by atoms with E-state index in [-0.39, 0.29) is 11.5 Å². The molecule has 1 fully saturated rings. The maximum absolute atomic E-state index is 13.0. The summed E-state index contributed by atoms with van der Waals surface area (Å²) < 4.78 is 8.81. The van der Waals surface area contributed by atoms with E-state index in [1.54, 1.807) is 9.08 Å². The molecule has 3 aromatic heterocycles. The van der Waals surface area contributed by atoms with E-state index in [1.165, 1.54) is 0 Å². The molecule has 4 heterocycles. The zero-order valence-corrected chi connectivity index (χ0v) is 15.8. The van der Waals surface area contributed by atoms with Crippen LogP contribution in [0.4, 0.5) is 0 Å². The fourth-order valence-electron chi connectivity index (χ4n) is 3.87. The second kappa shape index (κ2) is 6.87. The highest BCUT2D eigenvalue weighted by atomic mass is 16.5. The van der Waals surface area contributed by atoms with Crippen molar-refractivity contribution < 1.29 is 4.74 Å². The van der Waals surface area contributed by atoms with Crippen molar-refractivity contribution in [2.24, 2.45) is 0 Å². The van der Waals surface area contributed by atoms with Gasteiger partial charge in [0, 0.05) is 32.1 Å². The number of fused-ring (bicyclic) bond motifs is 3. The van der Waals surface area contributed by atoms with Gasteiger partial charge in [-0.2, -0.15) is 9.50 Å². The van der Waals surface area contributed by atoms with E-state index < -0.39 is 0 Å². The molecule has 1 saturated heterocycles. The molecule has 1 aliphatic heterocycles. The van der Waals surface area contributed by atoms with Crippen LogP contribution in [0, 0.1) is 0 Å². The molecule has 1 aliphatic rings. The van der Waals surface area contributed by atoms with Crippen LogP contribution >= 0.6 is 0 Å². The molecule has 5 rings (SSSR count). The molecule has 0 bridgehead atoms. The summed E-state index contributed by atoms with van der Waals surface area (Å²) in [5, 5.41) is 4.68. The molecule has 0 spiro atoms. The normalized spacial score (nSPS) is 15.6. The van der Waals surface area contributed by atoms with E-state index >= 15 is 0 Å². The van der Waals surface area contributed by atoms with Gasteiger partial charge in [0.1, 0.15) is 5.82 Å². The Balaban J connectivity index is 1.66. The average molecular weight is 378 g/mol. The summed E-state index contributed by atoms with van der Waals surface area (Å²) in [7, 11) is 0. The van der Waals surface area contributed by atoms with Gasteiger partial charge in [-0.25, -0.2) is 4.98 Å². The van der Waals surface area contributed by atoms with Crippen LogP contribution in [-0.4, -0.2) is 42.3 Å². The summed E-state index contributed by atoms with van der Waals surface area (Å²) >= 11 is 0. The largest absolute Gasteiger partial charge is 0.381 e. The molecule has 0 saturated carbocycles. The predicted octanol–water partition coefficient (Wildman–Crippen LogP) is 2.27. The van der Waals surface area contributed by atoms with Crippen molar-refractivity contribution >= 4 is 16.9 Å². The van der Waals surface area contributed by atoms with Gasteiger partial charge in [0.05, 0.1) is 0 Å². The van der Waals surface area contributed by atoms with Crippen molar-refractivity contribution in [2.45, 2.75) is 38.6 Å². The molecule has 144 valence electrons. The number of aromatic amines is 1. The lowest BCUT2D eigenvalue weighted by molar-refractivity contribution is 0.0838. The number of aryl methyl sites for hydroxylation is 1. The van der Waals surface area contributed by atoms with Gasteiger partial charge in [0.2, 0.25) is 5.78 Å². The van der Waals surface area contributed by atoms with Crippen molar-refractivity contribution in [3.63, 3.8) is 0 Å². The van der Waals surface area contributed by atoms with E-state index in [0.717, 1.165) is 37.4 Å². The molecule has 0 aliphatic carbocycles. The quantitative estimate of drug-likeness (QED) is 0.588. The van der Waals surface area contributed by atoms with E-state index in [2.05, 4.69) is 15.1 Å². The van der Waals surface area contributed by atoms with Crippen molar-refractivity contribution in [3.05, 3.63) is 57.9 Å². The van der Waals surface area contributed by atoms with Crippen LogP contribution in [-0.2, 0) is 17.7 Å². The Morgan fingerprint density at radius 1 is 1.18 bits per heavy atom. The van der Waals surface area contributed by atoms with Crippen molar-refractivity contribution in [1.29, 1.82) is 0 Å². The van der Waals surface area contributed by atoms with Crippen LogP contribution in [0.2, 0.25) is 0 Å². The van der Waals surface area contributed by atoms with E-state index in [9.17, 15) is 4.79 Å². The van der Waals surface area contributed by atoms with Gasteiger partial charge in [0.25, 0.3) is 5.56 Å². The number of nitrogens with zero attached hydrogens (tertiary/aromatic N) is 5. The Hall–Kier alpha value is -3.00. The molecule has 0 unspecified atom stereocenters. The van der Waals surface area contributed by atoms with E-state index in [1.807, 2.05) is 37.3 Å². The molecular formula is C20H22N6O2. The highest BCUT2D eigenvalue weighted by Gasteiger charge is 2.23. The van der Waals surface area contributed by atoms with Crippen molar-refractivity contribution in [1.82, 2.24) is 29.1 Å². The van der Waals surface area contributed by atoms with Gasteiger partial charge >= 0.3 is 0 Å². The molecular weight excluding hydrogens is 356 g/mol. The third-order valence-corrected chi connectivity index (χ3v) is 5.37. The lowest BCUT2D eigenvalue weighted by Crippen LogP contribution is -2.22. The first kappa shape index (κ1) is 17.1. The van der Waals surface area contributed by atoms with E-state index in [4.69, 9.17) is 9.72 Å². The minimum Gasteiger partial charge on any atom is -0.381 e. The summed E-state index contributed by atoms with van der Waals surface area (Å²) in [5.41, 5.74) is 2.07. The van der Waals surface area contributed by atoms with E-state index in [0.29, 0.717) is 35.7 Å². The molecule has 28 heavy (non-hydrogen) atoms. The number of hydrogen-bond acceptors (Lipinski definition) is 5. The molecule has 8 nitrogen and oxygen atoms in total. The van der Waals surface area contributed by atoms with Gasteiger partial charge < -0.3 is 9.72 Å². The Kier molecular flexibility index (Phi) is 4.20. The zero-order valence-electron chi connectivity index (χ0n) is 15.8. The van der Waals surface area contributed by atoms with Gasteiger partial charge in [-0.3, -0.25) is 9.36 Å². The van der Waals surface area contributed by atoms with Crippen LogP contribution < -0.4 is 5.56 Å². The molecule has 1 aromatic carbocycles. The molecule has 4 aromatic rings. The molecule has 8 heteroatoms. The Labute approximate surface area is 161 Å². The summed E-state index contributed by atoms with van der Waals surface area (Å²) in [5.74, 6) is 2.33. The first-order valence-corrected chi connectivity index (χ1v) is 9.74. The molecule has 0 atom stereocenters. The van der Waals surface area contributed by atoms with Crippen molar-refractivity contribution in [2.75, 3.05) is 13.2 Å². The molecule has 1 N–H and O–H groups in total. The maximum Gasteiger partial charge on any atom is 0.281 e. The minimum atomic E-state index is -0.102. The van der Waals surface area contributed by atoms with Crippen LogP contribution in [0.15, 0.2) is 35.1 Å². The second-order valence-electron chi connectivity index (χ2n) is 7.16. The lowest BCUT2D eigenvalue weighted by Gasteiger charge is -2.19. The molecule has 0 radical (unpaired) electrons. The summed E-state index contributed by atoms with van der Waals surface area (Å²) in [6.07, 6.45) is 2.42. The number of hydrogen-bond donors (Lipinski definition) is 1. The highest BCUT2D eigenvalue weighted by molar-refractivity contribution is 5.72. The van der Waals surface area contributed by atoms with Crippen LogP contribution in [0.5, 0.6) is 0 Å². The summed E-state index contributed by atoms with van der Waals surface area (Å²) in [4.78, 5) is 25.7. The number of nitrogens with one attached hydrogen (secondary N) is 1. The summed E-state index contributed by atoms with van der Waals surface area (Å²) in [6.45, 7) is 3.91. The van der Waals surface area contributed by atoms with Crippen LogP contribution in [0.1, 0.15) is 42.9 Å². The first-order chi connectivity index (χ1) is 13.7. The third-order valence-electron chi connectivity index (χ3n) is 5.37. The monoisotopic (exact) mass is 378 g/mol. The number of H-pyrrole nitrogens is 1. The lowest BCUT2D eigenvalue weighted by atomic mass is 10.00. The zero-order chi connectivity index (χ0) is 19.1. The predicted molar refractivity (Wildman–Crippen MR) is 105 cm³/mol. The van der Waals surface area contributed by atoms with Gasteiger partial charge in [-0.15, -0.1) is 5.10 Å². The smallest absolute Gasteiger partial charge is 0.281 e.